The number of hydrogen-bond acceptors (Lipinski definition) is 3. The molecule has 3 aliphatic rings. The molecule has 3 aliphatic carbocycles. The van der Waals surface area contributed by atoms with Crippen LogP contribution in [0, 0.1) is 28.6 Å². The first kappa shape index (κ1) is 16.6. The first-order chi connectivity index (χ1) is 12.1. The molecule has 0 heterocycles. The van der Waals surface area contributed by atoms with Crippen LogP contribution < -0.4 is 4.74 Å². The number of rotatable bonds is 4. The fourth-order valence-corrected chi connectivity index (χ4v) is 5.76. The van der Waals surface area contributed by atoms with E-state index in [2.05, 4.69) is 31.2 Å². The maximum Gasteiger partial charge on any atom is 0.139 e. The minimum atomic E-state index is -0.0392. The molecule has 2 saturated carbocycles. The molecule has 0 spiro atoms. The van der Waals surface area contributed by atoms with Crippen LogP contribution >= 0.6 is 0 Å². The van der Waals surface area contributed by atoms with Crippen molar-refractivity contribution in [1.29, 1.82) is 5.26 Å². The predicted molar refractivity (Wildman–Crippen MR) is 96.4 cm³/mol. The zero-order valence-electron chi connectivity index (χ0n) is 15.1. The number of unbranched alkanes of at least 4 members (excludes halogenated alkanes) is 1. The van der Waals surface area contributed by atoms with E-state index in [0.29, 0.717) is 36.6 Å². The van der Waals surface area contributed by atoms with Crippen LogP contribution in [0.25, 0.3) is 0 Å². The van der Waals surface area contributed by atoms with Gasteiger partial charge >= 0.3 is 0 Å². The maximum absolute atomic E-state index is 12.4. The Balaban J connectivity index is 1.51. The molecule has 0 saturated heterocycles. The quantitative estimate of drug-likeness (QED) is 0.742. The maximum atomic E-state index is 12.4. The molecular formula is C22H27NO2. The molecular weight excluding hydrogens is 310 g/mol. The van der Waals surface area contributed by atoms with Gasteiger partial charge in [0, 0.05) is 18.3 Å². The smallest absolute Gasteiger partial charge is 0.139 e. The predicted octanol–water partition coefficient (Wildman–Crippen LogP) is 4.79. The first-order valence-electron chi connectivity index (χ1n) is 9.79. The van der Waals surface area contributed by atoms with Gasteiger partial charge in [0.05, 0.1) is 12.7 Å². The number of hydrogen-bond donors (Lipinski definition) is 0. The molecule has 4 rings (SSSR count). The van der Waals surface area contributed by atoms with E-state index in [-0.39, 0.29) is 5.41 Å². The van der Waals surface area contributed by atoms with E-state index in [9.17, 15) is 4.79 Å². The molecule has 4 atom stereocenters. The van der Waals surface area contributed by atoms with E-state index in [1.54, 1.807) is 0 Å². The van der Waals surface area contributed by atoms with E-state index >= 15 is 0 Å². The van der Waals surface area contributed by atoms with Crippen molar-refractivity contribution in [2.24, 2.45) is 17.3 Å². The van der Waals surface area contributed by atoms with E-state index in [1.165, 1.54) is 17.5 Å². The highest BCUT2D eigenvalue weighted by Gasteiger charge is 2.54. The van der Waals surface area contributed by atoms with Gasteiger partial charge in [-0.1, -0.05) is 13.0 Å². The van der Waals surface area contributed by atoms with Crippen LogP contribution in [-0.2, 0) is 11.2 Å². The van der Waals surface area contributed by atoms with Gasteiger partial charge in [-0.15, -0.1) is 0 Å². The van der Waals surface area contributed by atoms with Gasteiger partial charge in [-0.25, -0.2) is 0 Å². The summed E-state index contributed by atoms with van der Waals surface area (Å²) in [5, 5.41) is 8.60. The molecule has 0 unspecified atom stereocenters. The van der Waals surface area contributed by atoms with Crippen LogP contribution in [0.2, 0.25) is 0 Å². The van der Waals surface area contributed by atoms with E-state index < -0.39 is 0 Å². The lowest BCUT2D eigenvalue weighted by molar-refractivity contribution is -0.129. The summed E-state index contributed by atoms with van der Waals surface area (Å²) < 4.78 is 5.81. The Kier molecular flexibility index (Phi) is 4.31. The molecule has 3 nitrogen and oxygen atoms in total. The molecule has 1 aromatic rings. The highest BCUT2D eigenvalue weighted by Crippen LogP contribution is 2.59. The van der Waals surface area contributed by atoms with Crippen LogP contribution in [0.15, 0.2) is 18.2 Å². The monoisotopic (exact) mass is 337 g/mol. The number of ketones is 1. The van der Waals surface area contributed by atoms with Crippen molar-refractivity contribution >= 4 is 5.78 Å². The molecule has 25 heavy (non-hydrogen) atoms. The molecule has 2 fully saturated rings. The second-order valence-electron chi connectivity index (χ2n) is 8.30. The summed E-state index contributed by atoms with van der Waals surface area (Å²) in [6, 6.07) is 8.74. The topological polar surface area (TPSA) is 50.1 Å². The molecule has 0 radical (unpaired) electrons. The number of Topliss-reactive ketones (excluding diaryl/α,β-unsaturated/α-hetero) is 1. The van der Waals surface area contributed by atoms with Gasteiger partial charge in [0.2, 0.25) is 0 Å². The SMILES string of the molecule is C[C@]12CC[C@H]3c4ccc(OCCCC#N)cc4CC[C@@H]3[C@@H]1CCC2=O. The van der Waals surface area contributed by atoms with E-state index in [1.807, 2.05) is 0 Å². The van der Waals surface area contributed by atoms with Gasteiger partial charge in [0.15, 0.2) is 0 Å². The number of benzene rings is 1. The Labute approximate surface area is 150 Å². The second-order valence-corrected chi connectivity index (χ2v) is 8.30. The second kappa shape index (κ2) is 6.48. The molecule has 0 N–H and O–H groups in total. The minimum absolute atomic E-state index is 0.0392. The number of nitrogens with zero attached hydrogens (tertiary/aromatic N) is 1. The molecule has 3 heteroatoms. The van der Waals surface area contributed by atoms with Crippen molar-refractivity contribution in [1.82, 2.24) is 0 Å². The lowest BCUT2D eigenvalue weighted by atomic mass is 9.55. The summed E-state index contributed by atoms with van der Waals surface area (Å²) >= 11 is 0. The third kappa shape index (κ3) is 2.76. The van der Waals surface area contributed by atoms with Crippen molar-refractivity contribution in [3.63, 3.8) is 0 Å². The molecule has 132 valence electrons. The van der Waals surface area contributed by atoms with Gasteiger partial charge < -0.3 is 4.74 Å². The Bertz CT molecular complexity index is 719. The fraction of sp³-hybridized carbons (Fsp3) is 0.636. The van der Waals surface area contributed by atoms with Crippen LogP contribution in [-0.4, -0.2) is 12.4 Å². The van der Waals surface area contributed by atoms with Gasteiger partial charge in [-0.3, -0.25) is 4.79 Å². The first-order valence-corrected chi connectivity index (χ1v) is 9.79. The largest absolute Gasteiger partial charge is 0.494 e. The molecule has 1 aromatic carbocycles. The van der Waals surface area contributed by atoms with Crippen molar-refractivity contribution in [2.45, 2.75) is 64.2 Å². The zero-order valence-corrected chi connectivity index (χ0v) is 15.1. The molecule has 0 aromatic heterocycles. The minimum Gasteiger partial charge on any atom is -0.494 e. The Morgan fingerprint density at radius 1 is 1.28 bits per heavy atom. The summed E-state index contributed by atoms with van der Waals surface area (Å²) in [6.07, 6.45) is 7.76. The Morgan fingerprint density at radius 2 is 2.16 bits per heavy atom. The molecule has 0 amide bonds. The lowest BCUT2D eigenvalue weighted by Gasteiger charge is -2.48. The Morgan fingerprint density at radius 3 is 3.00 bits per heavy atom. The average Bonchev–Trinajstić information content (AvgIpc) is 2.93. The number of fused-ring (bicyclic) bond motifs is 5. The summed E-state index contributed by atoms with van der Waals surface area (Å²) in [6.45, 7) is 2.85. The van der Waals surface area contributed by atoms with Crippen LogP contribution in [0.4, 0.5) is 0 Å². The van der Waals surface area contributed by atoms with Crippen molar-refractivity contribution < 1.29 is 9.53 Å². The molecule has 0 bridgehead atoms. The number of aryl methyl sites for hydroxylation is 1. The summed E-state index contributed by atoms with van der Waals surface area (Å²) in [7, 11) is 0. The zero-order chi connectivity index (χ0) is 17.4. The molecule has 0 aliphatic heterocycles. The number of carbonyl (C=O) groups is 1. The van der Waals surface area contributed by atoms with Crippen molar-refractivity contribution in [3.05, 3.63) is 29.3 Å². The van der Waals surface area contributed by atoms with Crippen molar-refractivity contribution in [2.75, 3.05) is 6.61 Å². The van der Waals surface area contributed by atoms with Crippen LogP contribution in [0.3, 0.4) is 0 Å². The average molecular weight is 337 g/mol. The highest BCUT2D eigenvalue weighted by molar-refractivity contribution is 5.87. The third-order valence-corrected chi connectivity index (χ3v) is 7.11. The normalized spacial score (nSPS) is 33.1. The van der Waals surface area contributed by atoms with Gasteiger partial charge in [-0.2, -0.15) is 5.26 Å². The third-order valence-electron chi connectivity index (χ3n) is 7.11. The number of nitriles is 1. The highest BCUT2D eigenvalue weighted by atomic mass is 16.5. The Hall–Kier alpha value is -1.82. The summed E-state index contributed by atoms with van der Waals surface area (Å²) in [5.74, 6) is 3.35. The van der Waals surface area contributed by atoms with Crippen LogP contribution in [0.1, 0.15) is 68.9 Å². The van der Waals surface area contributed by atoms with Crippen molar-refractivity contribution in [3.8, 4) is 11.8 Å². The number of ether oxygens (including phenoxy) is 1. The van der Waals surface area contributed by atoms with Crippen LogP contribution in [0.5, 0.6) is 5.75 Å². The number of carbonyl (C=O) groups excluding carboxylic acids is 1. The summed E-state index contributed by atoms with van der Waals surface area (Å²) in [4.78, 5) is 12.4. The van der Waals surface area contributed by atoms with Gasteiger partial charge in [-0.05, 0) is 79.5 Å². The lowest BCUT2D eigenvalue weighted by Crippen LogP contribution is -2.42. The van der Waals surface area contributed by atoms with Gasteiger partial charge in [0.25, 0.3) is 0 Å². The fourth-order valence-electron chi connectivity index (χ4n) is 5.76. The standard InChI is InChI=1S/C22H27NO2/c1-22-11-10-18-17-7-5-16(25-13-3-2-12-23)14-15(17)4-6-19(18)20(22)8-9-21(22)24/h5,7,14,18-20H,2-4,6,8-11,13H2,1H3/t18-,19-,20-,22-/m0/s1. The summed E-state index contributed by atoms with van der Waals surface area (Å²) in [5.41, 5.74) is 2.90. The van der Waals surface area contributed by atoms with E-state index in [4.69, 9.17) is 10.00 Å². The van der Waals surface area contributed by atoms with E-state index in [0.717, 1.165) is 44.3 Å². The van der Waals surface area contributed by atoms with Gasteiger partial charge in [0.1, 0.15) is 11.5 Å².